The van der Waals surface area contributed by atoms with Crippen molar-refractivity contribution in [2.75, 3.05) is 20.2 Å². The molecule has 2 unspecified atom stereocenters. The number of carbonyl (C=O) groups is 2. The van der Waals surface area contributed by atoms with Crippen molar-refractivity contribution in [2.45, 2.75) is 32.6 Å². The Balaban J connectivity index is 1.75. The molecule has 0 spiro atoms. The summed E-state index contributed by atoms with van der Waals surface area (Å²) >= 11 is 0. The fourth-order valence-electron chi connectivity index (χ4n) is 4.05. The van der Waals surface area contributed by atoms with Crippen LogP contribution in [0.4, 0.5) is 0 Å². The zero-order valence-electron chi connectivity index (χ0n) is 17.4. The number of pyridine rings is 1. The van der Waals surface area contributed by atoms with Gasteiger partial charge in [0.2, 0.25) is 0 Å². The van der Waals surface area contributed by atoms with Crippen LogP contribution < -0.4 is 4.74 Å². The number of rotatable bonds is 5. The number of nitrogens with zero attached hydrogens (tertiary/aromatic N) is 3. The van der Waals surface area contributed by atoms with Crippen LogP contribution in [-0.2, 0) is 20.9 Å². The fourth-order valence-corrected chi connectivity index (χ4v) is 4.05. The highest BCUT2D eigenvalue weighted by Crippen LogP contribution is 2.34. The molecule has 7 nitrogen and oxygen atoms in total. The summed E-state index contributed by atoms with van der Waals surface area (Å²) in [5, 5.41) is 0. The number of hydrogen-bond acceptors (Lipinski definition) is 6. The first-order valence-corrected chi connectivity index (χ1v) is 10.0. The van der Waals surface area contributed by atoms with Crippen LogP contribution in [0, 0.1) is 0 Å². The highest BCUT2D eigenvalue weighted by molar-refractivity contribution is 6.35. The largest absolute Gasteiger partial charge is 0.497 e. The first-order chi connectivity index (χ1) is 14.5. The molecule has 1 fully saturated rings. The summed E-state index contributed by atoms with van der Waals surface area (Å²) in [6.45, 7) is 5.28. The molecule has 0 N–H and O–H groups in total. The van der Waals surface area contributed by atoms with Crippen LogP contribution in [0.1, 0.15) is 25.0 Å². The fraction of sp³-hybridized carbons (Fsp3) is 0.348. The van der Waals surface area contributed by atoms with Gasteiger partial charge in [0.25, 0.3) is 11.8 Å². The van der Waals surface area contributed by atoms with E-state index in [0.29, 0.717) is 35.7 Å². The number of methoxy groups -OCH3 is 1. The number of morpholine rings is 1. The summed E-state index contributed by atoms with van der Waals surface area (Å²) in [4.78, 5) is 34.2. The van der Waals surface area contributed by atoms with Crippen molar-refractivity contribution >= 4 is 17.4 Å². The first kappa shape index (κ1) is 20.1. The standard InChI is InChI=1S/C23H25N3O4/c1-15-12-25(13-16(2)30-15)21-20(18-4-6-19(29-3)7-5-18)22(27)26(23(21)28)14-17-8-10-24-11-9-17/h4-11,15-16H,12-14H2,1-3H3. The Morgan fingerprint density at radius 3 is 2.23 bits per heavy atom. The maximum absolute atomic E-state index is 13.5. The van der Waals surface area contributed by atoms with Gasteiger partial charge in [-0.1, -0.05) is 12.1 Å². The van der Waals surface area contributed by atoms with E-state index in [1.165, 1.54) is 4.90 Å². The quantitative estimate of drug-likeness (QED) is 0.709. The highest BCUT2D eigenvalue weighted by Gasteiger charge is 2.43. The lowest BCUT2D eigenvalue weighted by molar-refractivity contribution is -0.139. The second kappa shape index (κ2) is 8.28. The van der Waals surface area contributed by atoms with E-state index in [1.807, 2.05) is 43.0 Å². The van der Waals surface area contributed by atoms with Crippen LogP contribution in [-0.4, -0.2) is 59.0 Å². The van der Waals surface area contributed by atoms with Crippen molar-refractivity contribution in [3.8, 4) is 5.75 Å². The Bertz CT molecular complexity index is 962. The lowest BCUT2D eigenvalue weighted by Crippen LogP contribution is -2.46. The number of amides is 2. The topological polar surface area (TPSA) is 72.0 Å². The summed E-state index contributed by atoms with van der Waals surface area (Å²) in [7, 11) is 1.59. The third-order valence-electron chi connectivity index (χ3n) is 5.35. The normalized spacial score (nSPS) is 22.1. The lowest BCUT2D eigenvalue weighted by Gasteiger charge is -2.37. The van der Waals surface area contributed by atoms with E-state index in [-0.39, 0.29) is 30.6 Å². The monoisotopic (exact) mass is 407 g/mol. The average Bonchev–Trinajstić information content (AvgIpc) is 2.98. The van der Waals surface area contributed by atoms with Crippen LogP contribution in [0.3, 0.4) is 0 Å². The maximum Gasteiger partial charge on any atom is 0.278 e. The van der Waals surface area contributed by atoms with Crippen molar-refractivity contribution in [3.05, 3.63) is 65.6 Å². The summed E-state index contributed by atoms with van der Waals surface area (Å²) < 4.78 is 11.1. The van der Waals surface area contributed by atoms with Gasteiger partial charge in [-0.2, -0.15) is 0 Å². The van der Waals surface area contributed by atoms with Gasteiger partial charge in [-0.15, -0.1) is 0 Å². The van der Waals surface area contributed by atoms with Crippen LogP contribution >= 0.6 is 0 Å². The second-order valence-electron chi connectivity index (χ2n) is 7.67. The Hall–Kier alpha value is -3.19. The minimum absolute atomic E-state index is 0.0319. The molecule has 2 aliphatic heterocycles. The van der Waals surface area contributed by atoms with Crippen LogP contribution in [0.5, 0.6) is 5.75 Å². The molecule has 0 radical (unpaired) electrons. The van der Waals surface area contributed by atoms with E-state index in [1.54, 1.807) is 31.6 Å². The molecular formula is C23H25N3O4. The molecule has 2 aliphatic rings. The van der Waals surface area contributed by atoms with Crippen molar-refractivity contribution in [1.29, 1.82) is 0 Å². The van der Waals surface area contributed by atoms with E-state index in [9.17, 15) is 9.59 Å². The molecule has 4 rings (SSSR count). The van der Waals surface area contributed by atoms with Gasteiger partial charge in [0, 0.05) is 25.5 Å². The van der Waals surface area contributed by atoms with Crippen molar-refractivity contribution in [2.24, 2.45) is 0 Å². The van der Waals surface area contributed by atoms with Gasteiger partial charge < -0.3 is 14.4 Å². The summed E-state index contributed by atoms with van der Waals surface area (Å²) in [5.74, 6) is 0.132. The number of carbonyl (C=O) groups excluding carboxylic acids is 2. The third kappa shape index (κ3) is 3.80. The van der Waals surface area contributed by atoms with Gasteiger partial charge in [0.1, 0.15) is 11.4 Å². The van der Waals surface area contributed by atoms with Gasteiger partial charge in [0.05, 0.1) is 31.4 Å². The first-order valence-electron chi connectivity index (χ1n) is 10.0. The van der Waals surface area contributed by atoms with Gasteiger partial charge in [-0.25, -0.2) is 0 Å². The molecule has 1 aromatic heterocycles. The van der Waals surface area contributed by atoms with Crippen molar-refractivity contribution < 1.29 is 19.1 Å². The van der Waals surface area contributed by atoms with E-state index in [4.69, 9.17) is 9.47 Å². The summed E-state index contributed by atoms with van der Waals surface area (Å²) in [5.41, 5.74) is 2.43. The molecule has 0 aliphatic carbocycles. The van der Waals surface area contributed by atoms with Crippen molar-refractivity contribution in [1.82, 2.24) is 14.8 Å². The number of hydrogen-bond donors (Lipinski definition) is 0. The smallest absolute Gasteiger partial charge is 0.278 e. The predicted molar refractivity (Wildman–Crippen MR) is 111 cm³/mol. The van der Waals surface area contributed by atoms with Gasteiger partial charge in [-0.3, -0.25) is 19.5 Å². The Morgan fingerprint density at radius 2 is 1.63 bits per heavy atom. The maximum atomic E-state index is 13.5. The van der Waals surface area contributed by atoms with Gasteiger partial charge in [-0.05, 0) is 49.2 Å². The Kier molecular flexibility index (Phi) is 5.55. The molecule has 1 aromatic carbocycles. The number of aromatic nitrogens is 1. The second-order valence-corrected chi connectivity index (χ2v) is 7.67. The van der Waals surface area contributed by atoms with Gasteiger partial charge >= 0.3 is 0 Å². The molecule has 2 atom stereocenters. The Morgan fingerprint density at radius 1 is 1.00 bits per heavy atom. The molecule has 156 valence electrons. The van der Waals surface area contributed by atoms with Crippen LogP contribution in [0.25, 0.3) is 5.57 Å². The molecule has 3 heterocycles. The van der Waals surface area contributed by atoms with Gasteiger partial charge in [0.15, 0.2) is 0 Å². The van der Waals surface area contributed by atoms with E-state index in [2.05, 4.69) is 4.98 Å². The zero-order valence-corrected chi connectivity index (χ0v) is 17.4. The number of benzene rings is 1. The van der Waals surface area contributed by atoms with Crippen LogP contribution in [0.2, 0.25) is 0 Å². The third-order valence-corrected chi connectivity index (χ3v) is 5.35. The minimum Gasteiger partial charge on any atom is -0.497 e. The summed E-state index contributed by atoms with van der Waals surface area (Å²) in [6, 6.07) is 10.9. The number of imide groups is 1. The van der Waals surface area contributed by atoms with Crippen LogP contribution in [0.15, 0.2) is 54.5 Å². The molecule has 7 heteroatoms. The highest BCUT2D eigenvalue weighted by atomic mass is 16.5. The molecular weight excluding hydrogens is 382 g/mol. The SMILES string of the molecule is COc1ccc(C2=C(N3CC(C)OC(C)C3)C(=O)N(Cc3ccncc3)C2=O)cc1. The van der Waals surface area contributed by atoms with Crippen molar-refractivity contribution in [3.63, 3.8) is 0 Å². The Labute approximate surface area is 175 Å². The molecule has 2 amide bonds. The summed E-state index contributed by atoms with van der Waals surface area (Å²) in [6.07, 6.45) is 3.25. The molecule has 2 aromatic rings. The molecule has 0 saturated carbocycles. The molecule has 0 bridgehead atoms. The minimum atomic E-state index is -0.288. The zero-order chi connectivity index (χ0) is 21.3. The van der Waals surface area contributed by atoms with E-state index >= 15 is 0 Å². The predicted octanol–water partition coefficient (Wildman–Crippen LogP) is 2.48. The average molecular weight is 407 g/mol. The lowest BCUT2D eigenvalue weighted by atomic mass is 10.0. The van der Waals surface area contributed by atoms with E-state index < -0.39 is 0 Å². The van der Waals surface area contributed by atoms with E-state index in [0.717, 1.165) is 5.56 Å². The number of ether oxygens (including phenoxy) is 2. The molecule has 1 saturated heterocycles. The molecule has 30 heavy (non-hydrogen) atoms.